The lowest BCUT2D eigenvalue weighted by molar-refractivity contribution is 0.0527. The molecule has 0 spiro atoms. The molecule has 0 atom stereocenters. The predicted octanol–water partition coefficient (Wildman–Crippen LogP) is 3.69. The molecule has 0 bridgehead atoms. The number of amides is 1. The Hall–Kier alpha value is -2.77. The molecule has 0 unspecified atom stereocenters. The maximum atomic E-state index is 11.5. The van der Waals surface area contributed by atoms with Crippen molar-refractivity contribution < 1.29 is 23.9 Å². The number of carbonyl (C=O) groups excluding carboxylic acids is 1. The zero-order valence-corrected chi connectivity index (χ0v) is 16.2. The van der Waals surface area contributed by atoms with Gasteiger partial charge in [0.15, 0.2) is 11.5 Å². The van der Waals surface area contributed by atoms with E-state index in [0.717, 1.165) is 19.3 Å². The lowest BCUT2D eigenvalue weighted by Gasteiger charge is -2.19. The number of carbonyl (C=O) groups is 1. The van der Waals surface area contributed by atoms with E-state index in [-0.39, 0.29) is 5.75 Å². The smallest absolute Gasteiger partial charge is 0.407 e. The summed E-state index contributed by atoms with van der Waals surface area (Å²) in [6, 6.07) is 4.89. The Labute approximate surface area is 158 Å². The van der Waals surface area contributed by atoms with Crippen LogP contribution in [0.4, 0.5) is 4.79 Å². The molecule has 8 heteroatoms. The number of hydrogen-bond acceptors (Lipinski definition) is 7. The first kappa shape index (κ1) is 20.5. The number of rotatable bonds is 8. The third kappa shape index (κ3) is 6.80. The molecule has 0 radical (unpaired) electrons. The second-order valence-corrected chi connectivity index (χ2v) is 7.14. The average Bonchev–Trinajstić information content (AvgIpc) is 3.05. The normalized spacial score (nSPS) is 11.3. The predicted molar refractivity (Wildman–Crippen MR) is 99.7 cm³/mol. The Balaban J connectivity index is 1.72. The number of ether oxygens (including phenoxy) is 2. The number of hydrogen-bond donors (Lipinski definition) is 2. The number of nitrogens with zero attached hydrogens (tertiary/aromatic N) is 2. The fraction of sp³-hybridized carbons (Fsp3) is 0.526. The summed E-state index contributed by atoms with van der Waals surface area (Å²) in [5.41, 5.74) is 0.225. The molecule has 27 heavy (non-hydrogen) atoms. The molecule has 0 aliphatic heterocycles. The largest absolute Gasteiger partial charge is 0.504 e. The summed E-state index contributed by atoms with van der Waals surface area (Å²) in [4.78, 5) is 15.9. The summed E-state index contributed by atoms with van der Waals surface area (Å²) in [7, 11) is 1.48. The van der Waals surface area contributed by atoms with Gasteiger partial charge in [0.25, 0.3) is 0 Å². The van der Waals surface area contributed by atoms with Crippen molar-refractivity contribution in [1.82, 2.24) is 15.5 Å². The first-order valence-corrected chi connectivity index (χ1v) is 8.95. The van der Waals surface area contributed by atoms with Crippen molar-refractivity contribution >= 4 is 6.09 Å². The summed E-state index contributed by atoms with van der Waals surface area (Å²) in [5.74, 6) is 1.42. The van der Waals surface area contributed by atoms with Crippen molar-refractivity contribution in [3.8, 4) is 22.9 Å². The van der Waals surface area contributed by atoms with Crippen LogP contribution in [0.15, 0.2) is 22.7 Å². The third-order valence-electron chi connectivity index (χ3n) is 3.64. The molecular weight excluding hydrogens is 350 g/mol. The van der Waals surface area contributed by atoms with Crippen molar-refractivity contribution in [1.29, 1.82) is 0 Å². The second-order valence-electron chi connectivity index (χ2n) is 7.14. The van der Waals surface area contributed by atoms with Crippen LogP contribution in [0.3, 0.4) is 0 Å². The first-order chi connectivity index (χ1) is 12.8. The van der Waals surface area contributed by atoms with Crippen LogP contribution in [0.5, 0.6) is 11.5 Å². The molecule has 2 rings (SSSR count). The molecule has 1 aromatic carbocycles. The van der Waals surface area contributed by atoms with E-state index < -0.39 is 11.7 Å². The first-order valence-electron chi connectivity index (χ1n) is 8.95. The third-order valence-corrected chi connectivity index (χ3v) is 3.64. The topological polar surface area (TPSA) is 107 Å². The molecule has 0 saturated heterocycles. The van der Waals surface area contributed by atoms with Crippen LogP contribution in [0.25, 0.3) is 11.4 Å². The van der Waals surface area contributed by atoms with Gasteiger partial charge in [-0.1, -0.05) is 11.6 Å². The molecule has 0 saturated carbocycles. The number of aryl methyl sites for hydroxylation is 1. The molecule has 0 aliphatic carbocycles. The maximum absolute atomic E-state index is 11.5. The fourth-order valence-electron chi connectivity index (χ4n) is 2.37. The van der Waals surface area contributed by atoms with Crippen molar-refractivity contribution in [2.24, 2.45) is 0 Å². The number of nitrogens with one attached hydrogen (secondary N) is 1. The molecule has 0 fully saturated rings. The Kier molecular flexibility index (Phi) is 7.04. The summed E-state index contributed by atoms with van der Waals surface area (Å²) >= 11 is 0. The second kappa shape index (κ2) is 9.25. The van der Waals surface area contributed by atoms with E-state index in [1.807, 2.05) is 20.8 Å². The van der Waals surface area contributed by atoms with Crippen LogP contribution >= 0.6 is 0 Å². The van der Waals surface area contributed by atoms with Crippen LogP contribution in [0.2, 0.25) is 0 Å². The zero-order chi connectivity index (χ0) is 19.9. The Morgan fingerprint density at radius 3 is 2.74 bits per heavy atom. The number of unbranched alkanes of at least 4 members (excludes halogenated alkanes) is 2. The highest BCUT2D eigenvalue weighted by atomic mass is 16.6. The standard InChI is InChI=1S/C19H27N3O5/c1-19(2,3)26-18(24)20-11-7-5-6-8-16-21-17(22-27-16)13-9-10-14(23)15(12-13)25-4/h9-10,12,23H,5-8,11H2,1-4H3,(H,20,24). The van der Waals surface area contributed by atoms with Crippen LogP contribution in [0, 0.1) is 0 Å². The van der Waals surface area contributed by atoms with E-state index >= 15 is 0 Å². The summed E-state index contributed by atoms with van der Waals surface area (Å²) in [5, 5.41) is 16.3. The molecular formula is C19H27N3O5. The van der Waals surface area contributed by atoms with E-state index in [1.54, 1.807) is 12.1 Å². The monoisotopic (exact) mass is 377 g/mol. The Morgan fingerprint density at radius 2 is 2.04 bits per heavy atom. The number of methoxy groups -OCH3 is 1. The van der Waals surface area contributed by atoms with Crippen LogP contribution < -0.4 is 10.1 Å². The van der Waals surface area contributed by atoms with Gasteiger partial charge in [0.2, 0.25) is 11.7 Å². The van der Waals surface area contributed by atoms with Gasteiger partial charge >= 0.3 is 6.09 Å². The summed E-state index contributed by atoms with van der Waals surface area (Å²) in [6.45, 7) is 6.07. The average molecular weight is 377 g/mol. The van der Waals surface area contributed by atoms with E-state index in [9.17, 15) is 9.90 Å². The van der Waals surface area contributed by atoms with Gasteiger partial charge in [-0.3, -0.25) is 0 Å². The van der Waals surface area contributed by atoms with E-state index in [4.69, 9.17) is 14.0 Å². The van der Waals surface area contributed by atoms with Crippen LogP contribution in [-0.4, -0.2) is 40.6 Å². The maximum Gasteiger partial charge on any atom is 0.407 e. The van der Waals surface area contributed by atoms with Gasteiger partial charge in [-0.15, -0.1) is 0 Å². The van der Waals surface area contributed by atoms with Gasteiger partial charge in [0.1, 0.15) is 5.60 Å². The molecule has 2 N–H and O–H groups in total. The van der Waals surface area contributed by atoms with E-state index in [2.05, 4.69) is 15.5 Å². The van der Waals surface area contributed by atoms with Crippen molar-refractivity contribution in [3.05, 3.63) is 24.1 Å². The van der Waals surface area contributed by atoms with Gasteiger partial charge in [-0.25, -0.2) is 4.79 Å². The van der Waals surface area contributed by atoms with Crippen LogP contribution in [-0.2, 0) is 11.2 Å². The minimum absolute atomic E-state index is 0.0601. The van der Waals surface area contributed by atoms with Crippen molar-refractivity contribution in [2.75, 3.05) is 13.7 Å². The minimum atomic E-state index is -0.485. The SMILES string of the molecule is COc1cc(-c2noc(CCCCCNC(=O)OC(C)(C)C)n2)ccc1O. The molecule has 1 amide bonds. The molecule has 0 aliphatic rings. The lowest BCUT2D eigenvalue weighted by atomic mass is 10.2. The molecule has 1 aromatic heterocycles. The highest BCUT2D eigenvalue weighted by Crippen LogP contribution is 2.30. The summed E-state index contributed by atoms with van der Waals surface area (Å²) < 4.78 is 15.5. The number of phenols is 1. The van der Waals surface area contributed by atoms with Crippen molar-refractivity contribution in [3.63, 3.8) is 0 Å². The fourth-order valence-corrected chi connectivity index (χ4v) is 2.37. The minimum Gasteiger partial charge on any atom is -0.504 e. The van der Waals surface area contributed by atoms with E-state index in [1.165, 1.54) is 13.2 Å². The quantitative estimate of drug-likeness (QED) is 0.676. The lowest BCUT2D eigenvalue weighted by Crippen LogP contribution is -2.32. The van der Waals surface area contributed by atoms with Gasteiger partial charge in [0, 0.05) is 18.5 Å². The Bertz CT molecular complexity index is 752. The van der Waals surface area contributed by atoms with Gasteiger partial charge in [-0.2, -0.15) is 4.98 Å². The number of benzene rings is 1. The molecule has 8 nitrogen and oxygen atoms in total. The number of aromatic hydroxyl groups is 1. The van der Waals surface area contributed by atoms with Gasteiger partial charge in [0.05, 0.1) is 7.11 Å². The number of alkyl carbamates (subject to hydrolysis) is 1. The highest BCUT2D eigenvalue weighted by molar-refractivity contribution is 5.67. The number of aromatic nitrogens is 2. The highest BCUT2D eigenvalue weighted by Gasteiger charge is 2.15. The molecule has 148 valence electrons. The number of phenolic OH excluding ortho intramolecular Hbond substituents is 1. The zero-order valence-electron chi connectivity index (χ0n) is 16.2. The van der Waals surface area contributed by atoms with Crippen molar-refractivity contribution in [2.45, 2.75) is 52.1 Å². The van der Waals surface area contributed by atoms with E-state index in [0.29, 0.717) is 36.0 Å². The van der Waals surface area contributed by atoms with Gasteiger partial charge in [-0.05, 0) is 51.8 Å². The molecule has 1 heterocycles. The van der Waals surface area contributed by atoms with Crippen LogP contribution in [0.1, 0.15) is 45.9 Å². The van der Waals surface area contributed by atoms with Gasteiger partial charge < -0.3 is 24.4 Å². The molecule has 2 aromatic rings. The Morgan fingerprint density at radius 1 is 1.26 bits per heavy atom. The summed E-state index contributed by atoms with van der Waals surface area (Å²) in [6.07, 6.45) is 2.90.